The number of hydrogen-bond acceptors (Lipinski definition) is 3. The Hall–Kier alpha value is -1.40. The van der Waals surface area contributed by atoms with E-state index in [1.807, 2.05) is 29.2 Å². The molecule has 1 aliphatic carbocycles. The number of carbonyl (C=O) groups is 2. The Morgan fingerprint density at radius 2 is 1.75 bits per heavy atom. The Kier molecular flexibility index (Phi) is 3.73. The van der Waals surface area contributed by atoms with Gasteiger partial charge in [-0.15, -0.1) is 0 Å². The molecular weight excluding hydrogens is 372 g/mol. The molecule has 4 rings (SSSR count). The van der Waals surface area contributed by atoms with Gasteiger partial charge in [-0.3, -0.25) is 9.59 Å². The first kappa shape index (κ1) is 16.1. The van der Waals surface area contributed by atoms with E-state index in [-0.39, 0.29) is 23.8 Å². The van der Waals surface area contributed by atoms with Crippen LogP contribution in [0.1, 0.15) is 31.2 Å². The molecule has 5 nitrogen and oxygen atoms in total. The lowest BCUT2D eigenvalue weighted by Gasteiger charge is -2.43. The fourth-order valence-corrected chi connectivity index (χ4v) is 4.24. The molecular formula is C18H21BrN2O3. The molecule has 2 saturated heterocycles. The summed E-state index contributed by atoms with van der Waals surface area (Å²) < 4.78 is 6.79. The quantitative estimate of drug-likeness (QED) is 0.775. The zero-order valence-corrected chi connectivity index (χ0v) is 15.3. The number of likely N-dealkylation sites (N-methyl/N-ethyl adjacent to an activating group) is 1. The molecule has 2 amide bonds. The summed E-state index contributed by atoms with van der Waals surface area (Å²) >= 11 is 3.45. The monoisotopic (exact) mass is 392 g/mol. The number of nitrogens with zero attached hydrogens (tertiary/aromatic N) is 2. The second-order valence-electron chi connectivity index (χ2n) is 7.07. The number of piperidine rings is 1. The lowest BCUT2D eigenvalue weighted by atomic mass is 9.92. The van der Waals surface area contributed by atoms with Crippen LogP contribution in [0.4, 0.5) is 0 Å². The van der Waals surface area contributed by atoms with Crippen LogP contribution in [0.15, 0.2) is 28.7 Å². The van der Waals surface area contributed by atoms with Crippen molar-refractivity contribution in [2.75, 3.05) is 26.7 Å². The smallest absolute Gasteiger partial charge is 0.250 e. The molecule has 1 aromatic rings. The highest BCUT2D eigenvalue weighted by molar-refractivity contribution is 9.10. The summed E-state index contributed by atoms with van der Waals surface area (Å²) in [6.07, 6.45) is 3.22. The van der Waals surface area contributed by atoms with Crippen molar-refractivity contribution in [1.29, 1.82) is 0 Å². The van der Waals surface area contributed by atoms with Gasteiger partial charge in [-0.2, -0.15) is 0 Å². The van der Waals surface area contributed by atoms with E-state index >= 15 is 0 Å². The van der Waals surface area contributed by atoms with Crippen LogP contribution in [0.25, 0.3) is 0 Å². The molecule has 2 aliphatic heterocycles. The van der Waals surface area contributed by atoms with Crippen LogP contribution in [0, 0.1) is 0 Å². The van der Waals surface area contributed by atoms with Crippen molar-refractivity contribution in [2.45, 2.75) is 36.8 Å². The van der Waals surface area contributed by atoms with Gasteiger partial charge in [-0.1, -0.05) is 28.1 Å². The third kappa shape index (κ3) is 2.39. The van der Waals surface area contributed by atoms with Crippen molar-refractivity contribution in [2.24, 2.45) is 0 Å². The van der Waals surface area contributed by atoms with Gasteiger partial charge >= 0.3 is 0 Å². The van der Waals surface area contributed by atoms with Crippen molar-refractivity contribution < 1.29 is 14.3 Å². The number of amides is 2. The molecule has 0 bridgehead atoms. The van der Waals surface area contributed by atoms with E-state index in [2.05, 4.69) is 15.9 Å². The number of benzene rings is 1. The highest BCUT2D eigenvalue weighted by Gasteiger charge is 2.55. The first-order chi connectivity index (χ1) is 11.5. The molecule has 0 aromatic heterocycles. The second kappa shape index (κ2) is 5.56. The summed E-state index contributed by atoms with van der Waals surface area (Å²) in [6, 6.07) is 8.10. The van der Waals surface area contributed by atoms with E-state index in [9.17, 15) is 9.59 Å². The average Bonchev–Trinajstić information content (AvgIpc) is 3.36. The van der Waals surface area contributed by atoms with E-state index < -0.39 is 5.72 Å². The third-order valence-electron chi connectivity index (χ3n) is 5.84. The van der Waals surface area contributed by atoms with Gasteiger partial charge in [-0.05, 0) is 30.5 Å². The zero-order chi connectivity index (χ0) is 16.9. The zero-order valence-electron chi connectivity index (χ0n) is 13.8. The molecule has 0 atom stereocenters. The number of ether oxygens (including phenoxy) is 1. The summed E-state index contributed by atoms with van der Waals surface area (Å²) in [5, 5.41) is 0. The fraction of sp³-hybridized carbons (Fsp3) is 0.556. The summed E-state index contributed by atoms with van der Waals surface area (Å²) in [7, 11) is 1.80. The number of halogens is 1. The molecule has 3 fully saturated rings. The SMILES string of the molecule is CN1C(=O)COC12CCN(C(=O)C1(c3ccc(Br)cc3)CC1)CC2. The van der Waals surface area contributed by atoms with E-state index in [1.54, 1.807) is 11.9 Å². The molecule has 1 saturated carbocycles. The summed E-state index contributed by atoms with van der Waals surface area (Å²) in [5.41, 5.74) is 0.284. The van der Waals surface area contributed by atoms with Crippen molar-refractivity contribution in [3.63, 3.8) is 0 Å². The molecule has 1 spiro atoms. The lowest BCUT2D eigenvalue weighted by Crippen LogP contribution is -2.55. The molecule has 24 heavy (non-hydrogen) atoms. The first-order valence-corrected chi connectivity index (χ1v) is 9.22. The van der Waals surface area contributed by atoms with E-state index in [0.717, 1.165) is 22.9 Å². The van der Waals surface area contributed by atoms with Crippen LogP contribution in [0.5, 0.6) is 0 Å². The van der Waals surface area contributed by atoms with Gasteiger partial charge in [0, 0.05) is 37.5 Å². The largest absolute Gasteiger partial charge is 0.346 e. The maximum Gasteiger partial charge on any atom is 0.250 e. The molecule has 6 heteroatoms. The Bertz CT molecular complexity index is 676. The predicted octanol–water partition coefficient (Wildman–Crippen LogP) is 2.29. The molecule has 2 heterocycles. The number of likely N-dealkylation sites (tertiary alicyclic amines) is 1. The Balaban J connectivity index is 1.47. The molecule has 1 aromatic carbocycles. The van der Waals surface area contributed by atoms with Crippen LogP contribution >= 0.6 is 15.9 Å². The van der Waals surface area contributed by atoms with E-state index in [0.29, 0.717) is 25.9 Å². The van der Waals surface area contributed by atoms with Crippen molar-refractivity contribution in [3.05, 3.63) is 34.3 Å². The number of rotatable bonds is 2. The number of hydrogen-bond donors (Lipinski definition) is 0. The highest BCUT2D eigenvalue weighted by atomic mass is 79.9. The molecule has 0 radical (unpaired) electrons. The van der Waals surface area contributed by atoms with Gasteiger partial charge in [0.15, 0.2) is 0 Å². The van der Waals surface area contributed by atoms with Gasteiger partial charge < -0.3 is 14.5 Å². The van der Waals surface area contributed by atoms with Crippen molar-refractivity contribution in [3.8, 4) is 0 Å². The fourth-order valence-electron chi connectivity index (χ4n) is 3.98. The van der Waals surface area contributed by atoms with Crippen LogP contribution in [-0.4, -0.2) is 54.1 Å². The minimum absolute atomic E-state index is 0.0308. The summed E-state index contributed by atoms with van der Waals surface area (Å²) in [5.74, 6) is 0.259. The highest BCUT2D eigenvalue weighted by Crippen LogP contribution is 2.50. The predicted molar refractivity (Wildman–Crippen MR) is 92.3 cm³/mol. The van der Waals surface area contributed by atoms with Crippen LogP contribution in [-0.2, 0) is 19.7 Å². The Morgan fingerprint density at radius 1 is 1.12 bits per heavy atom. The first-order valence-electron chi connectivity index (χ1n) is 8.43. The maximum absolute atomic E-state index is 13.1. The summed E-state index contributed by atoms with van der Waals surface area (Å²) in [6.45, 7) is 1.46. The van der Waals surface area contributed by atoms with Gasteiger partial charge in [-0.25, -0.2) is 0 Å². The Labute approximate surface area is 150 Å². The average molecular weight is 393 g/mol. The minimum Gasteiger partial charge on any atom is -0.346 e. The normalized spacial score (nSPS) is 24.5. The van der Waals surface area contributed by atoms with Gasteiger partial charge in [0.25, 0.3) is 5.91 Å². The summed E-state index contributed by atoms with van der Waals surface area (Å²) in [4.78, 5) is 28.5. The molecule has 128 valence electrons. The van der Waals surface area contributed by atoms with Crippen LogP contribution in [0.2, 0.25) is 0 Å². The maximum atomic E-state index is 13.1. The van der Waals surface area contributed by atoms with Gasteiger partial charge in [0.1, 0.15) is 12.3 Å². The van der Waals surface area contributed by atoms with E-state index in [4.69, 9.17) is 4.74 Å². The molecule has 0 N–H and O–H groups in total. The standard InChI is InChI=1S/C18H21BrN2O3/c1-20-15(22)12-24-18(20)8-10-21(11-9-18)16(23)17(6-7-17)13-2-4-14(19)5-3-13/h2-5H,6-12H2,1H3. The van der Waals surface area contributed by atoms with Crippen molar-refractivity contribution >= 4 is 27.7 Å². The van der Waals surface area contributed by atoms with E-state index in [1.165, 1.54) is 0 Å². The molecule has 0 unspecified atom stereocenters. The lowest BCUT2D eigenvalue weighted by molar-refractivity contribution is -0.148. The van der Waals surface area contributed by atoms with Gasteiger partial charge in [0.2, 0.25) is 5.91 Å². The third-order valence-corrected chi connectivity index (χ3v) is 6.37. The Morgan fingerprint density at radius 3 is 2.25 bits per heavy atom. The second-order valence-corrected chi connectivity index (χ2v) is 7.98. The molecule has 3 aliphatic rings. The van der Waals surface area contributed by atoms with Crippen LogP contribution in [0.3, 0.4) is 0 Å². The van der Waals surface area contributed by atoms with Crippen LogP contribution < -0.4 is 0 Å². The van der Waals surface area contributed by atoms with Gasteiger partial charge in [0.05, 0.1) is 5.41 Å². The number of carbonyl (C=O) groups excluding carboxylic acids is 2. The topological polar surface area (TPSA) is 49.9 Å². The van der Waals surface area contributed by atoms with Crippen molar-refractivity contribution in [1.82, 2.24) is 9.80 Å². The minimum atomic E-state index is -0.498.